The normalized spacial score (nSPS) is 9.73. The lowest BCUT2D eigenvalue weighted by Crippen LogP contribution is -2.22. The summed E-state index contributed by atoms with van der Waals surface area (Å²) in [6.07, 6.45) is 0. The highest BCUT2D eigenvalue weighted by Gasteiger charge is 2.12. The van der Waals surface area contributed by atoms with Crippen LogP contribution in [0, 0.1) is 17.0 Å². The van der Waals surface area contributed by atoms with Gasteiger partial charge in [0.05, 0.1) is 15.1 Å². The van der Waals surface area contributed by atoms with E-state index in [9.17, 15) is 10.1 Å². The molecule has 1 aromatic carbocycles. The molecule has 0 unspecified atom stereocenters. The maximum atomic E-state index is 10.5. The fourth-order valence-electron chi connectivity index (χ4n) is 1.09. The van der Waals surface area contributed by atoms with Crippen molar-refractivity contribution in [3.63, 3.8) is 0 Å². The average molecular weight is 273 g/mol. The number of hydrogen-bond acceptors (Lipinski definition) is 3. The van der Waals surface area contributed by atoms with Gasteiger partial charge in [-0.3, -0.25) is 10.1 Å². The maximum absolute atomic E-state index is 10.5. The van der Waals surface area contributed by atoms with Crippen LogP contribution >= 0.6 is 15.9 Å². The fourth-order valence-corrected chi connectivity index (χ4v) is 1.73. The van der Waals surface area contributed by atoms with Gasteiger partial charge in [0.2, 0.25) is 0 Å². The zero-order valence-corrected chi connectivity index (χ0v) is 9.48. The molecule has 0 bridgehead atoms. The van der Waals surface area contributed by atoms with Crippen molar-refractivity contribution in [2.75, 3.05) is 0 Å². The van der Waals surface area contributed by atoms with Crippen LogP contribution in [-0.2, 0) is 0 Å². The first-order chi connectivity index (χ1) is 6.91. The molecule has 15 heavy (non-hydrogen) atoms. The minimum absolute atomic E-state index is 0.00563. The molecule has 0 saturated carbocycles. The molecule has 80 valence electrons. The molecule has 0 aliphatic heterocycles. The molecule has 4 N–H and O–H groups in total. The lowest BCUT2D eigenvalue weighted by Gasteiger charge is -2.03. The second-order valence-electron chi connectivity index (χ2n) is 2.89. The Morgan fingerprint density at radius 3 is 2.53 bits per heavy atom. The minimum atomic E-state index is -0.475. The van der Waals surface area contributed by atoms with E-state index in [1.165, 1.54) is 12.1 Å². The number of hydrogen-bond donors (Lipinski definition) is 2. The number of nitrogens with zero attached hydrogens (tertiary/aromatic N) is 2. The monoisotopic (exact) mass is 272 g/mol. The number of aliphatic imine (C=N–C) groups is 1. The van der Waals surface area contributed by atoms with Crippen molar-refractivity contribution >= 4 is 33.3 Å². The molecule has 0 heterocycles. The number of non-ortho nitro benzene ring substituents is 1. The van der Waals surface area contributed by atoms with Gasteiger partial charge < -0.3 is 11.5 Å². The number of nitro benzene ring substituents is 1. The van der Waals surface area contributed by atoms with Gasteiger partial charge in [0.15, 0.2) is 5.96 Å². The zero-order valence-electron chi connectivity index (χ0n) is 7.90. The van der Waals surface area contributed by atoms with Gasteiger partial charge in [-0.1, -0.05) is 0 Å². The number of benzene rings is 1. The van der Waals surface area contributed by atoms with E-state index >= 15 is 0 Å². The minimum Gasteiger partial charge on any atom is -0.370 e. The van der Waals surface area contributed by atoms with E-state index in [0.29, 0.717) is 15.7 Å². The summed E-state index contributed by atoms with van der Waals surface area (Å²) in [7, 11) is 0. The van der Waals surface area contributed by atoms with E-state index in [2.05, 4.69) is 20.9 Å². The van der Waals surface area contributed by atoms with Crippen LogP contribution in [0.15, 0.2) is 21.6 Å². The molecule has 0 fully saturated rings. The summed E-state index contributed by atoms with van der Waals surface area (Å²) in [5.74, 6) is -0.0901. The van der Waals surface area contributed by atoms with Gasteiger partial charge in [-0.25, -0.2) is 4.99 Å². The molecular formula is C8H9BrN4O2. The Labute approximate surface area is 94.3 Å². The first kappa shape index (κ1) is 11.4. The molecule has 0 atom stereocenters. The molecule has 7 heteroatoms. The quantitative estimate of drug-likeness (QED) is 0.369. The van der Waals surface area contributed by atoms with Crippen LogP contribution in [0.2, 0.25) is 0 Å². The fraction of sp³-hybridized carbons (Fsp3) is 0.125. The van der Waals surface area contributed by atoms with Gasteiger partial charge in [0, 0.05) is 12.1 Å². The van der Waals surface area contributed by atoms with E-state index in [-0.39, 0.29) is 11.6 Å². The van der Waals surface area contributed by atoms with Crippen molar-refractivity contribution in [3.8, 4) is 0 Å². The Bertz CT molecular complexity index is 417. The largest absolute Gasteiger partial charge is 0.370 e. The summed E-state index contributed by atoms with van der Waals surface area (Å²) in [5.41, 5.74) is 11.6. The molecule has 0 aromatic heterocycles. The SMILES string of the molecule is Cc1cc([N+](=O)[O-])cc(Br)c1N=C(N)N. The van der Waals surface area contributed by atoms with Gasteiger partial charge in [0.25, 0.3) is 5.69 Å². The summed E-state index contributed by atoms with van der Waals surface area (Å²) in [6, 6.07) is 2.77. The predicted octanol–water partition coefficient (Wildman–Crippen LogP) is 1.57. The highest BCUT2D eigenvalue weighted by atomic mass is 79.9. The second kappa shape index (κ2) is 4.26. The van der Waals surface area contributed by atoms with E-state index in [4.69, 9.17) is 11.5 Å². The van der Waals surface area contributed by atoms with Crippen molar-refractivity contribution in [3.05, 3.63) is 32.3 Å². The molecule has 0 saturated heterocycles. The molecule has 6 nitrogen and oxygen atoms in total. The molecular weight excluding hydrogens is 264 g/mol. The van der Waals surface area contributed by atoms with Crippen LogP contribution in [0.25, 0.3) is 0 Å². The maximum Gasteiger partial charge on any atom is 0.270 e. The first-order valence-corrected chi connectivity index (χ1v) is 4.75. The standard InChI is InChI=1S/C8H9BrN4O2/c1-4-2-5(13(14)15)3-6(9)7(4)12-8(10)11/h2-3H,1H3,(H4,10,11,12). The Morgan fingerprint density at radius 2 is 2.13 bits per heavy atom. The van der Waals surface area contributed by atoms with Crippen LogP contribution in [-0.4, -0.2) is 10.9 Å². The third-order valence-electron chi connectivity index (χ3n) is 1.69. The Kier molecular flexibility index (Phi) is 3.25. The first-order valence-electron chi connectivity index (χ1n) is 3.96. The second-order valence-corrected chi connectivity index (χ2v) is 3.74. The molecule has 0 aliphatic carbocycles. The number of nitrogens with two attached hydrogens (primary N) is 2. The zero-order chi connectivity index (χ0) is 11.6. The highest BCUT2D eigenvalue weighted by molar-refractivity contribution is 9.10. The average Bonchev–Trinajstić information content (AvgIpc) is 2.10. The number of nitro groups is 1. The highest BCUT2D eigenvalue weighted by Crippen LogP contribution is 2.33. The summed E-state index contributed by atoms with van der Waals surface area (Å²) in [6.45, 7) is 1.69. The molecule has 0 spiro atoms. The topological polar surface area (TPSA) is 108 Å². The van der Waals surface area contributed by atoms with Gasteiger partial charge >= 0.3 is 0 Å². The van der Waals surface area contributed by atoms with Gasteiger partial charge in [0.1, 0.15) is 0 Å². The lowest BCUT2D eigenvalue weighted by molar-refractivity contribution is -0.385. The smallest absolute Gasteiger partial charge is 0.270 e. The third-order valence-corrected chi connectivity index (χ3v) is 2.29. The number of guanidine groups is 1. The van der Waals surface area contributed by atoms with Crippen molar-refractivity contribution in [1.29, 1.82) is 0 Å². The van der Waals surface area contributed by atoms with Crippen molar-refractivity contribution in [1.82, 2.24) is 0 Å². The van der Waals surface area contributed by atoms with Gasteiger partial charge in [-0.15, -0.1) is 0 Å². The molecule has 0 radical (unpaired) electrons. The van der Waals surface area contributed by atoms with Crippen LogP contribution in [0.3, 0.4) is 0 Å². The number of halogens is 1. The molecule has 1 aromatic rings. The summed E-state index contributed by atoms with van der Waals surface area (Å²) >= 11 is 3.17. The van der Waals surface area contributed by atoms with Crippen LogP contribution < -0.4 is 11.5 Å². The Balaban J connectivity index is 3.34. The summed E-state index contributed by atoms with van der Waals surface area (Å²) in [4.78, 5) is 13.9. The van der Waals surface area contributed by atoms with Crippen molar-refractivity contribution in [2.24, 2.45) is 16.5 Å². The van der Waals surface area contributed by atoms with Crippen molar-refractivity contribution < 1.29 is 4.92 Å². The Hall–Kier alpha value is -1.63. The number of rotatable bonds is 2. The van der Waals surface area contributed by atoms with Crippen LogP contribution in [0.4, 0.5) is 11.4 Å². The van der Waals surface area contributed by atoms with Gasteiger partial charge in [-0.2, -0.15) is 0 Å². The summed E-state index contributed by atoms with van der Waals surface area (Å²) in [5, 5.41) is 10.5. The van der Waals surface area contributed by atoms with E-state index in [0.717, 1.165) is 0 Å². The van der Waals surface area contributed by atoms with E-state index < -0.39 is 4.92 Å². The van der Waals surface area contributed by atoms with Gasteiger partial charge in [-0.05, 0) is 28.4 Å². The predicted molar refractivity (Wildman–Crippen MR) is 61.0 cm³/mol. The van der Waals surface area contributed by atoms with Crippen LogP contribution in [0.1, 0.15) is 5.56 Å². The summed E-state index contributed by atoms with van der Waals surface area (Å²) < 4.78 is 0.489. The van der Waals surface area contributed by atoms with Crippen molar-refractivity contribution in [2.45, 2.75) is 6.92 Å². The lowest BCUT2D eigenvalue weighted by atomic mass is 10.2. The third kappa shape index (κ3) is 2.66. The van der Waals surface area contributed by atoms with Crippen LogP contribution in [0.5, 0.6) is 0 Å². The molecule has 0 aliphatic rings. The molecule has 0 amide bonds. The Morgan fingerprint density at radius 1 is 1.53 bits per heavy atom. The molecule has 1 rings (SSSR count). The number of aryl methyl sites for hydroxylation is 1. The van der Waals surface area contributed by atoms with E-state index in [1.807, 2.05) is 0 Å². The van der Waals surface area contributed by atoms with E-state index in [1.54, 1.807) is 6.92 Å².